The molecule has 4 rings (SSSR count). The molecule has 2 heterocycles. The van der Waals surface area contributed by atoms with Gasteiger partial charge in [-0.3, -0.25) is 0 Å². The highest BCUT2D eigenvalue weighted by Gasteiger charge is 2.19. The number of methoxy groups -OCH3 is 1. The van der Waals surface area contributed by atoms with Crippen LogP contribution in [0.2, 0.25) is 0 Å². The van der Waals surface area contributed by atoms with Gasteiger partial charge in [-0.2, -0.15) is 0 Å². The first kappa shape index (κ1) is 18.7. The second-order valence-electron chi connectivity index (χ2n) is 6.98. The van der Waals surface area contributed by atoms with Crippen molar-refractivity contribution < 1.29 is 19.1 Å². The molecule has 0 aliphatic rings. The third-order valence-corrected chi connectivity index (χ3v) is 4.61. The topological polar surface area (TPSA) is 81.3 Å². The molecule has 0 fully saturated rings. The molecule has 0 bridgehead atoms. The van der Waals surface area contributed by atoms with Crippen LogP contribution in [0.4, 0.5) is 0 Å². The average molecular weight is 388 g/mol. The summed E-state index contributed by atoms with van der Waals surface area (Å²) >= 11 is 0. The Morgan fingerprint density at radius 3 is 2.45 bits per heavy atom. The fourth-order valence-electron chi connectivity index (χ4n) is 3.29. The van der Waals surface area contributed by atoms with Crippen LogP contribution in [-0.4, -0.2) is 35.1 Å². The molecule has 0 aliphatic carbocycles. The number of nitrogens with zero attached hydrogens (tertiary/aromatic N) is 1. The average Bonchev–Trinajstić information content (AvgIpc) is 3.10. The second-order valence-corrected chi connectivity index (χ2v) is 6.98. The number of esters is 2. The molecular weight excluding hydrogens is 368 g/mol. The number of fused-ring (bicyclic) bond motifs is 3. The number of nitrogens with one attached hydrogen (secondary N) is 1. The Labute approximate surface area is 167 Å². The van der Waals surface area contributed by atoms with Crippen LogP contribution in [0.3, 0.4) is 0 Å². The Kier molecular flexibility index (Phi) is 4.76. The Hall–Kier alpha value is -3.67. The number of carbonyl (C=O) groups is 2. The largest absolute Gasteiger partial charge is 0.465 e. The third-order valence-electron chi connectivity index (χ3n) is 4.61. The molecule has 0 radical (unpaired) electrons. The fourth-order valence-corrected chi connectivity index (χ4v) is 3.29. The lowest BCUT2D eigenvalue weighted by atomic mass is 10.1. The number of aromatic nitrogens is 2. The Morgan fingerprint density at radius 1 is 1.00 bits per heavy atom. The van der Waals surface area contributed by atoms with Gasteiger partial charge in [-0.05, 0) is 38.1 Å². The van der Waals surface area contributed by atoms with Crippen molar-refractivity contribution in [1.82, 2.24) is 9.97 Å². The fraction of sp³-hybridized carbons (Fsp3) is 0.174. The van der Waals surface area contributed by atoms with E-state index in [0.29, 0.717) is 33.4 Å². The van der Waals surface area contributed by atoms with Gasteiger partial charge < -0.3 is 14.5 Å². The summed E-state index contributed by atoms with van der Waals surface area (Å²) in [4.78, 5) is 32.7. The molecule has 1 N–H and O–H groups in total. The van der Waals surface area contributed by atoms with Crippen molar-refractivity contribution >= 4 is 33.9 Å². The number of aromatic amines is 1. The molecule has 0 saturated heterocycles. The number of rotatable bonds is 4. The second kappa shape index (κ2) is 7.39. The summed E-state index contributed by atoms with van der Waals surface area (Å²) in [6.45, 7) is 3.61. The molecule has 0 saturated carbocycles. The van der Waals surface area contributed by atoms with E-state index in [2.05, 4.69) is 4.98 Å². The predicted molar refractivity (Wildman–Crippen MR) is 111 cm³/mol. The molecule has 0 spiro atoms. The highest BCUT2D eigenvalue weighted by Crippen LogP contribution is 2.31. The molecule has 0 amide bonds. The van der Waals surface area contributed by atoms with Crippen LogP contribution in [0.5, 0.6) is 0 Å². The zero-order chi connectivity index (χ0) is 20.5. The maximum Gasteiger partial charge on any atom is 0.340 e. The van der Waals surface area contributed by atoms with Gasteiger partial charge in [0.05, 0.1) is 41.1 Å². The number of benzene rings is 2. The van der Waals surface area contributed by atoms with Crippen molar-refractivity contribution in [2.45, 2.75) is 20.0 Å². The summed E-state index contributed by atoms with van der Waals surface area (Å²) in [7, 11) is 1.35. The van der Waals surface area contributed by atoms with Gasteiger partial charge in [0.15, 0.2) is 0 Å². The molecular formula is C23H20N2O4. The minimum atomic E-state index is -0.458. The number of carbonyl (C=O) groups excluding carboxylic acids is 2. The number of ether oxygens (including phenoxy) is 2. The van der Waals surface area contributed by atoms with Gasteiger partial charge in [0.25, 0.3) is 0 Å². The Balaban J connectivity index is 1.94. The van der Waals surface area contributed by atoms with Gasteiger partial charge in [-0.15, -0.1) is 0 Å². The van der Waals surface area contributed by atoms with E-state index >= 15 is 0 Å². The number of H-pyrrole nitrogens is 1. The molecule has 2 aromatic carbocycles. The number of pyridine rings is 1. The summed E-state index contributed by atoms with van der Waals surface area (Å²) in [5, 5.41) is 0.809. The van der Waals surface area contributed by atoms with Crippen LogP contribution < -0.4 is 0 Å². The minimum absolute atomic E-state index is 0.207. The summed E-state index contributed by atoms with van der Waals surface area (Å²) in [5.74, 6) is -0.854. The van der Waals surface area contributed by atoms with Crippen molar-refractivity contribution in [3.8, 4) is 11.3 Å². The molecule has 29 heavy (non-hydrogen) atoms. The van der Waals surface area contributed by atoms with E-state index in [1.165, 1.54) is 7.11 Å². The molecule has 146 valence electrons. The SMILES string of the molecule is COC(=O)c1cc(-c2ccccc2)nc2c1[nH]c1cc(C(=O)OC(C)C)ccc12. The first-order valence-electron chi connectivity index (χ1n) is 9.29. The van der Waals surface area contributed by atoms with Gasteiger partial charge in [0.2, 0.25) is 0 Å². The van der Waals surface area contributed by atoms with E-state index < -0.39 is 11.9 Å². The normalized spacial score (nSPS) is 11.2. The van der Waals surface area contributed by atoms with Crippen molar-refractivity contribution in [3.63, 3.8) is 0 Å². The van der Waals surface area contributed by atoms with Gasteiger partial charge in [0.1, 0.15) is 0 Å². The van der Waals surface area contributed by atoms with Crippen LogP contribution in [0, 0.1) is 0 Å². The lowest BCUT2D eigenvalue weighted by molar-refractivity contribution is 0.0377. The molecule has 6 nitrogen and oxygen atoms in total. The Morgan fingerprint density at radius 2 is 1.76 bits per heavy atom. The van der Waals surface area contributed by atoms with Crippen molar-refractivity contribution in [2.24, 2.45) is 0 Å². The summed E-state index contributed by atoms with van der Waals surface area (Å²) in [5.41, 5.74) is 4.29. The smallest absolute Gasteiger partial charge is 0.340 e. The lowest BCUT2D eigenvalue weighted by Crippen LogP contribution is -2.11. The van der Waals surface area contributed by atoms with Crippen LogP contribution >= 0.6 is 0 Å². The molecule has 4 aromatic rings. The Bertz CT molecular complexity index is 1230. The summed E-state index contributed by atoms with van der Waals surface area (Å²) < 4.78 is 10.2. The van der Waals surface area contributed by atoms with Crippen LogP contribution in [-0.2, 0) is 9.47 Å². The molecule has 2 aromatic heterocycles. The molecule has 0 unspecified atom stereocenters. The zero-order valence-corrected chi connectivity index (χ0v) is 16.4. The van der Waals surface area contributed by atoms with Gasteiger partial charge >= 0.3 is 11.9 Å². The number of hydrogen-bond donors (Lipinski definition) is 1. The van der Waals surface area contributed by atoms with Gasteiger partial charge in [-0.1, -0.05) is 30.3 Å². The van der Waals surface area contributed by atoms with Gasteiger partial charge in [0, 0.05) is 16.5 Å². The summed E-state index contributed by atoms with van der Waals surface area (Å²) in [6, 6.07) is 16.6. The third kappa shape index (κ3) is 3.45. The monoisotopic (exact) mass is 388 g/mol. The first-order valence-corrected chi connectivity index (χ1v) is 9.29. The summed E-state index contributed by atoms with van der Waals surface area (Å²) in [6.07, 6.45) is -0.207. The van der Waals surface area contributed by atoms with Crippen LogP contribution in [0.25, 0.3) is 33.2 Å². The number of hydrogen-bond acceptors (Lipinski definition) is 5. The maximum absolute atomic E-state index is 12.4. The van der Waals surface area contributed by atoms with E-state index in [1.54, 1.807) is 32.0 Å². The lowest BCUT2D eigenvalue weighted by Gasteiger charge is -2.07. The predicted octanol–water partition coefficient (Wildman–Crippen LogP) is 4.73. The van der Waals surface area contributed by atoms with Crippen molar-refractivity contribution in [2.75, 3.05) is 7.11 Å². The maximum atomic E-state index is 12.4. The van der Waals surface area contributed by atoms with Crippen molar-refractivity contribution in [3.05, 3.63) is 65.7 Å². The van der Waals surface area contributed by atoms with Crippen molar-refractivity contribution in [1.29, 1.82) is 0 Å². The molecule has 0 aliphatic heterocycles. The quantitative estimate of drug-likeness (QED) is 0.511. The van der Waals surface area contributed by atoms with Crippen LogP contribution in [0.15, 0.2) is 54.6 Å². The highest BCUT2D eigenvalue weighted by atomic mass is 16.5. The standard InChI is InChI=1S/C23H20N2O4/c1-13(2)29-22(26)15-9-10-16-19(11-15)25-21-17(23(27)28-3)12-18(24-20(16)21)14-7-5-4-6-8-14/h4-13,25H,1-3H3. The molecule has 0 atom stereocenters. The van der Waals surface area contributed by atoms with Crippen LogP contribution in [0.1, 0.15) is 34.6 Å². The van der Waals surface area contributed by atoms with E-state index in [4.69, 9.17) is 14.5 Å². The molecule has 6 heteroatoms. The minimum Gasteiger partial charge on any atom is -0.465 e. The van der Waals surface area contributed by atoms with E-state index in [1.807, 2.05) is 36.4 Å². The van der Waals surface area contributed by atoms with E-state index in [-0.39, 0.29) is 6.10 Å². The van der Waals surface area contributed by atoms with E-state index in [9.17, 15) is 9.59 Å². The first-order chi connectivity index (χ1) is 14.0. The highest BCUT2D eigenvalue weighted by molar-refractivity contribution is 6.13. The van der Waals surface area contributed by atoms with E-state index in [0.717, 1.165) is 10.9 Å². The van der Waals surface area contributed by atoms with Gasteiger partial charge in [-0.25, -0.2) is 14.6 Å². The zero-order valence-electron chi connectivity index (χ0n) is 16.4.